The molecule has 0 fully saturated rings. The van der Waals surface area contributed by atoms with Crippen molar-refractivity contribution >= 4 is 17.7 Å². The highest BCUT2D eigenvalue weighted by molar-refractivity contribution is 8.00. The van der Waals surface area contributed by atoms with Gasteiger partial charge in [0.25, 0.3) is 5.22 Å². The van der Waals surface area contributed by atoms with Crippen LogP contribution >= 0.6 is 11.8 Å². The number of rotatable bonds is 9. The summed E-state index contributed by atoms with van der Waals surface area (Å²) in [5.41, 5.74) is 2.07. The molecule has 1 aromatic heterocycles. The standard InChI is InChI=1S/C22H25N3O3S/c1-15(9-10-17-7-5-4-6-8-17)23-20(26)16(2)29-22-25-24-21(28-22)18-11-13-19(27-3)14-12-18/h4-8,11-16H,9-10H2,1-3H3,(H,23,26)/t15-,16+/m1/s1. The minimum Gasteiger partial charge on any atom is -0.497 e. The van der Waals surface area contributed by atoms with Gasteiger partial charge in [0.1, 0.15) is 5.75 Å². The lowest BCUT2D eigenvalue weighted by Gasteiger charge is -2.16. The summed E-state index contributed by atoms with van der Waals surface area (Å²) in [5, 5.41) is 11.2. The van der Waals surface area contributed by atoms with Crippen LogP contribution in [0.15, 0.2) is 64.2 Å². The number of nitrogens with zero attached hydrogens (tertiary/aromatic N) is 2. The Kier molecular flexibility index (Phi) is 7.30. The number of carbonyl (C=O) groups excluding carboxylic acids is 1. The van der Waals surface area contributed by atoms with Crippen LogP contribution in [0.2, 0.25) is 0 Å². The summed E-state index contributed by atoms with van der Waals surface area (Å²) in [6.45, 7) is 3.86. The molecular weight excluding hydrogens is 386 g/mol. The van der Waals surface area contributed by atoms with E-state index in [9.17, 15) is 4.79 Å². The smallest absolute Gasteiger partial charge is 0.277 e. The largest absolute Gasteiger partial charge is 0.497 e. The van der Waals surface area contributed by atoms with E-state index in [-0.39, 0.29) is 17.2 Å². The normalized spacial score (nSPS) is 12.9. The summed E-state index contributed by atoms with van der Waals surface area (Å²) < 4.78 is 10.8. The topological polar surface area (TPSA) is 77.2 Å². The molecule has 0 aliphatic rings. The minimum absolute atomic E-state index is 0.0419. The number of aromatic nitrogens is 2. The first-order valence-corrected chi connectivity index (χ1v) is 10.4. The summed E-state index contributed by atoms with van der Waals surface area (Å²) in [7, 11) is 1.62. The van der Waals surface area contributed by atoms with Gasteiger partial charge in [-0.25, -0.2) is 0 Å². The van der Waals surface area contributed by atoms with E-state index in [1.807, 2.05) is 56.3 Å². The molecule has 0 saturated heterocycles. The fourth-order valence-corrected chi connectivity index (χ4v) is 3.47. The van der Waals surface area contributed by atoms with E-state index in [0.29, 0.717) is 11.1 Å². The van der Waals surface area contributed by atoms with Crippen LogP contribution in [0.1, 0.15) is 25.8 Å². The monoisotopic (exact) mass is 411 g/mol. The molecule has 1 N–H and O–H groups in total. The number of ether oxygens (including phenoxy) is 1. The van der Waals surface area contributed by atoms with Crippen molar-refractivity contribution in [3.8, 4) is 17.2 Å². The molecule has 2 atom stereocenters. The molecule has 152 valence electrons. The molecule has 1 heterocycles. The number of hydrogen-bond donors (Lipinski definition) is 1. The van der Waals surface area contributed by atoms with E-state index in [4.69, 9.17) is 9.15 Å². The second-order valence-corrected chi connectivity index (χ2v) is 8.09. The van der Waals surface area contributed by atoms with Crippen molar-refractivity contribution in [3.63, 3.8) is 0 Å². The molecule has 1 amide bonds. The van der Waals surface area contributed by atoms with Crippen LogP contribution in [-0.4, -0.2) is 34.5 Å². The summed E-state index contributed by atoms with van der Waals surface area (Å²) >= 11 is 1.25. The van der Waals surface area contributed by atoms with Gasteiger partial charge in [0.2, 0.25) is 11.8 Å². The lowest BCUT2D eigenvalue weighted by atomic mass is 10.1. The van der Waals surface area contributed by atoms with E-state index in [1.54, 1.807) is 7.11 Å². The van der Waals surface area contributed by atoms with E-state index < -0.39 is 0 Å². The van der Waals surface area contributed by atoms with Gasteiger partial charge in [0.15, 0.2) is 0 Å². The summed E-state index contributed by atoms with van der Waals surface area (Å²) in [6.07, 6.45) is 1.81. The van der Waals surface area contributed by atoms with Crippen LogP contribution in [0, 0.1) is 0 Å². The summed E-state index contributed by atoms with van der Waals surface area (Å²) in [6, 6.07) is 17.7. The Hall–Kier alpha value is -2.80. The van der Waals surface area contributed by atoms with Crippen LogP contribution in [0.4, 0.5) is 0 Å². The zero-order valence-electron chi connectivity index (χ0n) is 16.8. The summed E-state index contributed by atoms with van der Waals surface area (Å²) in [5.74, 6) is 1.13. The molecule has 6 nitrogen and oxygen atoms in total. The number of amides is 1. The fourth-order valence-electron chi connectivity index (χ4n) is 2.77. The molecule has 0 radical (unpaired) electrons. The van der Waals surface area contributed by atoms with Crippen LogP contribution in [0.25, 0.3) is 11.5 Å². The molecule has 0 spiro atoms. The first kappa shape index (κ1) is 20.9. The van der Waals surface area contributed by atoms with E-state index in [1.165, 1.54) is 17.3 Å². The Bertz CT molecular complexity index is 913. The van der Waals surface area contributed by atoms with Crippen molar-refractivity contribution in [2.24, 2.45) is 0 Å². The van der Waals surface area contributed by atoms with Crippen molar-refractivity contribution in [3.05, 3.63) is 60.2 Å². The predicted octanol–water partition coefficient (Wildman–Crippen LogP) is 4.36. The fraction of sp³-hybridized carbons (Fsp3) is 0.318. The van der Waals surface area contributed by atoms with Gasteiger partial charge in [-0.1, -0.05) is 42.1 Å². The van der Waals surface area contributed by atoms with E-state index in [0.717, 1.165) is 24.2 Å². The molecule has 29 heavy (non-hydrogen) atoms. The highest BCUT2D eigenvalue weighted by Crippen LogP contribution is 2.27. The highest BCUT2D eigenvalue weighted by atomic mass is 32.2. The molecular formula is C22H25N3O3S. The average Bonchev–Trinajstić information content (AvgIpc) is 3.21. The Morgan fingerprint density at radius 2 is 1.83 bits per heavy atom. The number of carbonyl (C=O) groups is 1. The van der Waals surface area contributed by atoms with Gasteiger partial charge < -0.3 is 14.5 Å². The summed E-state index contributed by atoms with van der Waals surface area (Å²) in [4.78, 5) is 12.5. The lowest BCUT2D eigenvalue weighted by molar-refractivity contribution is -0.120. The molecule has 2 aromatic carbocycles. The maximum Gasteiger partial charge on any atom is 0.277 e. The zero-order chi connectivity index (χ0) is 20.6. The van der Waals surface area contributed by atoms with Crippen LogP contribution in [0.5, 0.6) is 5.75 Å². The lowest BCUT2D eigenvalue weighted by Crippen LogP contribution is -2.37. The van der Waals surface area contributed by atoms with Crippen molar-refractivity contribution in [2.45, 2.75) is 43.2 Å². The third kappa shape index (κ3) is 6.09. The van der Waals surface area contributed by atoms with Gasteiger partial charge in [0, 0.05) is 11.6 Å². The minimum atomic E-state index is -0.335. The molecule has 3 aromatic rings. The number of benzene rings is 2. The van der Waals surface area contributed by atoms with Crippen LogP contribution in [0.3, 0.4) is 0 Å². The van der Waals surface area contributed by atoms with Gasteiger partial charge in [-0.2, -0.15) is 0 Å². The van der Waals surface area contributed by atoms with Crippen molar-refractivity contribution < 1.29 is 13.9 Å². The Balaban J connectivity index is 1.49. The Morgan fingerprint density at radius 3 is 2.52 bits per heavy atom. The Labute approximate surface area is 175 Å². The molecule has 0 aliphatic carbocycles. The molecule has 7 heteroatoms. The Morgan fingerprint density at radius 1 is 1.10 bits per heavy atom. The number of thioether (sulfide) groups is 1. The van der Waals surface area contributed by atoms with Gasteiger partial charge in [0.05, 0.1) is 12.4 Å². The van der Waals surface area contributed by atoms with Gasteiger partial charge >= 0.3 is 0 Å². The quantitative estimate of drug-likeness (QED) is 0.527. The SMILES string of the molecule is COc1ccc(-c2nnc(S[C@@H](C)C(=O)N[C@H](C)CCc3ccccc3)o2)cc1. The maximum atomic E-state index is 12.5. The third-order valence-corrected chi connectivity index (χ3v) is 5.42. The molecule has 0 saturated carbocycles. The first-order chi connectivity index (χ1) is 14.0. The van der Waals surface area contributed by atoms with E-state index in [2.05, 4.69) is 27.6 Å². The number of nitrogens with one attached hydrogen (secondary N) is 1. The average molecular weight is 412 g/mol. The zero-order valence-corrected chi connectivity index (χ0v) is 17.6. The van der Waals surface area contributed by atoms with Crippen LogP contribution in [-0.2, 0) is 11.2 Å². The third-order valence-electron chi connectivity index (χ3n) is 4.49. The number of hydrogen-bond acceptors (Lipinski definition) is 6. The van der Waals surface area contributed by atoms with Gasteiger partial charge in [-0.05, 0) is 56.5 Å². The number of aryl methyl sites for hydroxylation is 1. The number of methoxy groups -OCH3 is 1. The van der Waals surface area contributed by atoms with E-state index >= 15 is 0 Å². The molecule has 0 bridgehead atoms. The van der Waals surface area contributed by atoms with Crippen molar-refractivity contribution in [2.75, 3.05) is 7.11 Å². The van der Waals surface area contributed by atoms with Gasteiger partial charge in [-0.3, -0.25) is 4.79 Å². The molecule has 3 rings (SSSR count). The van der Waals surface area contributed by atoms with Crippen molar-refractivity contribution in [1.29, 1.82) is 0 Å². The highest BCUT2D eigenvalue weighted by Gasteiger charge is 2.20. The molecule has 0 unspecified atom stereocenters. The molecule has 0 aliphatic heterocycles. The second kappa shape index (κ2) is 10.1. The first-order valence-electron chi connectivity index (χ1n) is 9.54. The van der Waals surface area contributed by atoms with Gasteiger partial charge in [-0.15, -0.1) is 10.2 Å². The maximum absolute atomic E-state index is 12.5. The van der Waals surface area contributed by atoms with Crippen molar-refractivity contribution in [1.82, 2.24) is 15.5 Å². The van der Waals surface area contributed by atoms with Crippen LogP contribution < -0.4 is 10.1 Å². The second-order valence-electron chi connectivity index (χ2n) is 6.80. The predicted molar refractivity (Wildman–Crippen MR) is 114 cm³/mol.